The maximum absolute atomic E-state index is 13.7. The molecule has 0 aliphatic rings. The van der Waals surface area contributed by atoms with Gasteiger partial charge in [0, 0.05) is 25.2 Å². The molecular formula is C21H22FN3. The molecule has 0 bridgehead atoms. The lowest BCUT2D eigenvalue weighted by Gasteiger charge is -2.29. The molecule has 0 aromatic heterocycles. The Hall–Kier alpha value is -2.88. The van der Waals surface area contributed by atoms with E-state index in [4.69, 9.17) is 5.41 Å². The Morgan fingerprint density at radius 2 is 1.68 bits per heavy atom. The summed E-state index contributed by atoms with van der Waals surface area (Å²) in [5.41, 5.74) is 2.42. The minimum Gasteiger partial charge on any atom is -0.316 e. The molecule has 0 aliphatic heterocycles. The molecule has 25 heavy (non-hydrogen) atoms. The molecule has 0 spiro atoms. The highest BCUT2D eigenvalue weighted by atomic mass is 19.1. The fourth-order valence-electron chi connectivity index (χ4n) is 3.00. The van der Waals surface area contributed by atoms with Gasteiger partial charge in [-0.25, -0.2) is 4.39 Å². The molecule has 3 aromatic carbocycles. The molecular weight excluding hydrogens is 313 g/mol. The Balaban J connectivity index is 1.94. The zero-order valence-electron chi connectivity index (χ0n) is 14.8. The fraction of sp³-hybridized carbons (Fsp3) is 0.190. The van der Waals surface area contributed by atoms with Gasteiger partial charge in [-0.15, -0.1) is 0 Å². The van der Waals surface area contributed by atoms with Crippen molar-refractivity contribution in [3.63, 3.8) is 0 Å². The Morgan fingerprint density at radius 1 is 0.960 bits per heavy atom. The van der Waals surface area contributed by atoms with E-state index in [0.29, 0.717) is 17.9 Å². The van der Waals surface area contributed by atoms with Crippen molar-refractivity contribution < 1.29 is 4.39 Å². The summed E-state index contributed by atoms with van der Waals surface area (Å²) in [5, 5.41) is 10.8. The summed E-state index contributed by atoms with van der Waals surface area (Å²) in [7, 11) is 3.71. The summed E-state index contributed by atoms with van der Waals surface area (Å²) in [5.74, 6) is 0.124. The van der Waals surface area contributed by atoms with Crippen LogP contribution in [-0.4, -0.2) is 20.1 Å². The third-order valence-electron chi connectivity index (χ3n) is 4.56. The van der Waals surface area contributed by atoms with E-state index in [1.807, 2.05) is 50.2 Å². The minimum atomic E-state index is -0.200. The predicted molar refractivity (Wildman–Crippen MR) is 104 cm³/mol. The maximum Gasteiger partial charge on any atom is 0.202 e. The summed E-state index contributed by atoms with van der Waals surface area (Å²) in [4.78, 5) is 3.61. The number of hydrogen-bond acceptors (Lipinski definition) is 1. The van der Waals surface area contributed by atoms with Crippen LogP contribution < -0.4 is 9.80 Å². The first-order valence-corrected chi connectivity index (χ1v) is 8.35. The predicted octanol–water partition coefficient (Wildman–Crippen LogP) is 5.05. The number of nitrogens with one attached hydrogen (secondary N) is 1. The van der Waals surface area contributed by atoms with E-state index < -0.39 is 0 Å². The van der Waals surface area contributed by atoms with E-state index >= 15 is 0 Å². The number of nitrogens with zero attached hydrogens (tertiary/aromatic N) is 2. The van der Waals surface area contributed by atoms with Gasteiger partial charge < -0.3 is 9.80 Å². The number of anilines is 2. The zero-order valence-corrected chi connectivity index (χ0v) is 14.8. The molecule has 0 aliphatic carbocycles. The molecule has 0 saturated carbocycles. The summed E-state index contributed by atoms with van der Waals surface area (Å²) in [6.07, 6.45) is 0.625. The van der Waals surface area contributed by atoms with Crippen LogP contribution in [0.4, 0.5) is 15.8 Å². The number of halogens is 1. The third-order valence-corrected chi connectivity index (χ3v) is 4.56. The van der Waals surface area contributed by atoms with E-state index in [1.165, 1.54) is 6.07 Å². The van der Waals surface area contributed by atoms with E-state index in [0.717, 1.165) is 22.1 Å². The number of guanidine groups is 1. The highest BCUT2D eigenvalue weighted by Crippen LogP contribution is 2.27. The van der Waals surface area contributed by atoms with E-state index in [1.54, 1.807) is 17.0 Å². The molecule has 1 N–H and O–H groups in total. The second-order valence-corrected chi connectivity index (χ2v) is 6.07. The molecule has 128 valence electrons. The van der Waals surface area contributed by atoms with Crippen LogP contribution in [-0.2, 0) is 6.42 Å². The van der Waals surface area contributed by atoms with Gasteiger partial charge in [0.25, 0.3) is 0 Å². The highest BCUT2D eigenvalue weighted by Gasteiger charge is 2.16. The van der Waals surface area contributed by atoms with E-state index in [2.05, 4.69) is 18.2 Å². The molecule has 0 heterocycles. The lowest BCUT2D eigenvalue weighted by Crippen LogP contribution is -2.39. The first-order valence-electron chi connectivity index (χ1n) is 8.35. The lowest BCUT2D eigenvalue weighted by molar-refractivity contribution is 0.612. The Morgan fingerprint density at radius 3 is 2.44 bits per heavy atom. The van der Waals surface area contributed by atoms with Gasteiger partial charge in [-0.3, -0.25) is 5.41 Å². The second kappa shape index (κ2) is 6.93. The highest BCUT2D eigenvalue weighted by molar-refractivity contribution is 6.09. The molecule has 0 fully saturated rings. The van der Waals surface area contributed by atoms with Crippen molar-refractivity contribution in [2.24, 2.45) is 0 Å². The van der Waals surface area contributed by atoms with Gasteiger partial charge in [0.15, 0.2) is 0 Å². The summed E-state index contributed by atoms with van der Waals surface area (Å²) in [6.45, 7) is 1.93. The quantitative estimate of drug-likeness (QED) is 0.536. The SMILES string of the molecule is CCc1cc(N(C)C(=N)N(C)c2cccc3ccccc23)ccc1F. The van der Waals surface area contributed by atoms with Crippen molar-refractivity contribution in [3.05, 3.63) is 72.0 Å². The van der Waals surface area contributed by atoms with E-state index in [9.17, 15) is 4.39 Å². The van der Waals surface area contributed by atoms with Gasteiger partial charge in [0.2, 0.25) is 5.96 Å². The topological polar surface area (TPSA) is 30.3 Å². The second-order valence-electron chi connectivity index (χ2n) is 6.07. The Labute approximate surface area is 147 Å². The summed E-state index contributed by atoms with van der Waals surface area (Å²) < 4.78 is 13.7. The average molecular weight is 335 g/mol. The van der Waals surface area contributed by atoms with Crippen LogP contribution in [0.2, 0.25) is 0 Å². The van der Waals surface area contributed by atoms with Crippen LogP contribution in [0.1, 0.15) is 12.5 Å². The van der Waals surface area contributed by atoms with Crippen LogP contribution in [0.15, 0.2) is 60.7 Å². The van der Waals surface area contributed by atoms with Crippen molar-refractivity contribution in [3.8, 4) is 0 Å². The van der Waals surface area contributed by atoms with Crippen LogP contribution in [0.3, 0.4) is 0 Å². The van der Waals surface area contributed by atoms with Crippen LogP contribution >= 0.6 is 0 Å². The number of hydrogen-bond donors (Lipinski definition) is 1. The van der Waals surface area contributed by atoms with Gasteiger partial charge in [-0.2, -0.15) is 0 Å². The third kappa shape index (κ3) is 3.20. The molecule has 0 saturated heterocycles. The van der Waals surface area contributed by atoms with Gasteiger partial charge in [-0.1, -0.05) is 43.3 Å². The molecule has 0 radical (unpaired) electrons. The van der Waals surface area contributed by atoms with Crippen LogP contribution in [0, 0.1) is 11.2 Å². The smallest absolute Gasteiger partial charge is 0.202 e. The first kappa shape index (κ1) is 17.0. The molecule has 0 atom stereocenters. The lowest BCUT2D eigenvalue weighted by atomic mass is 10.1. The van der Waals surface area contributed by atoms with Crippen molar-refractivity contribution in [2.45, 2.75) is 13.3 Å². The van der Waals surface area contributed by atoms with Crippen LogP contribution in [0.25, 0.3) is 10.8 Å². The number of aryl methyl sites for hydroxylation is 1. The molecule has 3 aromatic rings. The fourth-order valence-corrected chi connectivity index (χ4v) is 3.00. The molecule has 3 rings (SSSR count). The largest absolute Gasteiger partial charge is 0.316 e. The van der Waals surface area contributed by atoms with Gasteiger partial charge in [0.1, 0.15) is 5.82 Å². The van der Waals surface area contributed by atoms with Crippen molar-refractivity contribution in [1.29, 1.82) is 5.41 Å². The van der Waals surface area contributed by atoms with Gasteiger partial charge in [-0.05, 0) is 41.6 Å². The monoisotopic (exact) mass is 335 g/mol. The summed E-state index contributed by atoms with van der Waals surface area (Å²) >= 11 is 0. The maximum atomic E-state index is 13.7. The number of rotatable bonds is 3. The van der Waals surface area contributed by atoms with Gasteiger partial charge in [0.05, 0.1) is 5.69 Å². The molecule has 0 unspecified atom stereocenters. The van der Waals surface area contributed by atoms with Crippen molar-refractivity contribution in [1.82, 2.24) is 0 Å². The van der Waals surface area contributed by atoms with Crippen LogP contribution in [0.5, 0.6) is 0 Å². The number of fused-ring (bicyclic) bond motifs is 1. The summed E-state index contributed by atoms with van der Waals surface area (Å²) in [6, 6.07) is 19.2. The van der Waals surface area contributed by atoms with Crippen molar-refractivity contribution >= 4 is 28.1 Å². The normalized spacial score (nSPS) is 10.7. The zero-order chi connectivity index (χ0) is 18.0. The minimum absolute atomic E-state index is 0.200. The van der Waals surface area contributed by atoms with Crippen molar-refractivity contribution in [2.75, 3.05) is 23.9 Å². The molecule has 3 nitrogen and oxygen atoms in total. The Kier molecular flexibility index (Phi) is 4.70. The van der Waals surface area contributed by atoms with E-state index in [-0.39, 0.29) is 5.82 Å². The average Bonchev–Trinajstić information content (AvgIpc) is 2.66. The standard InChI is InChI=1S/C21H22FN3/c1-4-15-14-17(12-13-19(15)22)24(2)21(23)25(3)20-11-7-9-16-8-5-6-10-18(16)20/h5-14,23H,4H2,1-3H3. The number of benzene rings is 3. The molecule has 0 amide bonds. The molecule has 4 heteroatoms. The van der Waals surface area contributed by atoms with Gasteiger partial charge >= 0.3 is 0 Å². The first-order chi connectivity index (χ1) is 12.0. The Bertz CT molecular complexity index is 915.